The molecule has 3 heterocycles. The van der Waals surface area contributed by atoms with E-state index in [9.17, 15) is 9.18 Å². The first-order valence-electron chi connectivity index (χ1n) is 12.2. The standard InChI is InChI=1S/C28H31FN4O/c1-3-4-16-31-18-15-28(20-21(31)2)26(30-27(34)33(28)24-13-8-12-23(29)19-24)32-17-9-14-25(32)22-10-6-5-7-11-22/h5-8,10-13,19,21,25H,9,14-18,20H2,1-2H3/t21-,25?,28-/m1/s1. The van der Waals surface area contributed by atoms with E-state index in [4.69, 9.17) is 4.99 Å². The van der Waals surface area contributed by atoms with E-state index in [-0.39, 0.29) is 23.9 Å². The van der Waals surface area contributed by atoms with Crippen LogP contribution in [0.2, 0.25) is 0 Å². The summed E-state index contributed by atoms with van der Waals surface area (Å²) < 4.78 is 14.3. The van der Waals surface area contributed by atoms with Gasteiger partial charge in [0.2, 0.25) is 0 Å². The van der Waals surface area contributed by atoms with Crippen molar-refractivity contribution in [3.8, 4) is 11.8 Å². The number of piperidine rings is 1. The Morgan fingerprint density at radius 3 is 2.71 bits per heavy atom. The van der Waals surface area contributed by atoms with Crippen molar-refractivity contribution in [1.82, 2.24) is 9.80 Å². The fourth-order valence-corrected chi connectivity index (χ4v) is 5.96. The minimum atomic E-state index is -0.599. The molecule has 3 atom stereocenters. The Bertz CT molecular complexity index is 1150. The van der Waals surface area contributed by atoms with Gasteiger partial charge in [-0.1, -0.05) is 42.3 Å². The van der Waals surface area contributed by atoms with Crippen molar-refractivity contribution in [2.24, 2.45) is 4.99 Å². The highest BCUT2D eigenvalue weighted by Gasteiger charge is 2.56. The average Bonchev–Trinajstić information content (AvgIpc) is 3.42. The molecular weight excluding hydrogens is 427 g/mol. The molecule has 0 bridgehead atoms. The van der Waals surface area contributed by atoms with Gasteiger partial charge in [0, 0.05) is 24.8 Å². The van der Waals surface area contributed by atoms with Gasteiger partial charge in [0.05, 0.1) is 12.6 Å². The molecule has 34 heavy (non-hydrogen) atoms. The van der Waals surface area contributed by atoms with Crippen LogP contribution >= 0.6 is 0 Å². The Morgan fingerprint density at radius 1 is 1.15 bits per heavy atom. The minimum Gasteiger partial charge on any atom is -0.351 e. The van der Waals surface area contributed by atoms with Crippen molar-refractivity contribution in [2.75, 3.05) is 24.5 Å². The first-order chi connectivity index (χ1) is 16.5. The molecule has 2 saturated heterocycles. The zero-order chi connectivity index (χ0) is 23.7. The second-order valence-corrected chi connectivity index (χ2v) is 9.53. The summed E-state index contributed by atoms with van der Waals surface area (Å²) in [5, 5.41) is 0. The highest BCUT2D eigenvalue weighted by Crippen LogP contribution is 2.45. The Labute approximate surface area is 201 Å². The summed E-state index contributed by atoms with van der Waals surface area (Å²) in [5.74, 6) is 6.68. The van der Waals surface area contributed by atoms with Crippen LogP contribution in [0, 0.1) is 17.7 Å². The number of benzene rings is 2. The van der Waals surface area contributed by atoms with E-state index in [0.29, 0.717) is 12.2 Å². The number of hydrogen-bond donors (Lipinski definition) is 0. The highest BCUT2D eigenvalue weighted by molar-refractivity contribution is 6.16. The Morgan fingerprint density at radius 2 is 1.97 bits per heavy atom. The number of aliphatic imine (C=N–C) groups is 1. The van der Waals surface area contributed by atoms with E-state index in [1.54, 1.807) is 11.0 Å². The lowest BCUT2D eigenvalue weighted by Gasteiger charge is -2.49. The molecule has 0 N–H and O–H groups in total. The average molecular weight is 459 g/mol. The number of amides is 2. The summed E-state index contributed by atoms with van der Waals surface area (Å²) in [4.78, 5) is 24.7. The Hall–Kier alpha value is -3.17. The lowest BCUT2D eigenvalue weighted by molar-refractivity contribution is 0.141. The van der Waals surface area contributed by atoms with E-state index in [1.165, 1.54) is 17.7 Å². The molecular formula is C28H31FN4O. The first kappa shape index (κ1) is 22.6. The van der Waals surface area contributed by atoms with Gasteiger partial charge in [0.1, 0.15) is 17.2 Å². The van der Waals surface area contributed by atoms with Crippen molar-refractivity contribution >= 4 is 17.6 Å². The molecule has 6 heteroatoms. The van der Waals surface area contributed by atoms with E-state index in [2.05, 4.69) is 52.8 Å². The fraction of sp³-hybridized carbons (Fsp3) is 0.429. The monoisotopic (exact) mass is 458 g/mol. The van der Waals surface area contributed by atoms with Gasteiger partial charge in [-0.3, -0.25) is 9.80 Å². The Balaban J connectivity index is 1.56. The van der Waals surface area contributed by atoms with Gasteiger partial charge in [0.15, 0.2) is 0 Å². The fourth-order valence-electron chi connectivity index (χ4n) is 5.96. The lowest BCUT2D eigenvalue weighted by atomic mass is 9.80. The minimum absolute atomic E-state index is 0.191. The van der Waals surface area contributed by atoms with Crippen molar-refractivity contribution in [2.45, 2.75) is 57.2 Å². The third kappa shape index (κ3) is 3.88. The molecule has 5 rings (SSSR count). The van der Waals surface area contributed by atoms with E-state index < -0.39 is 5.54 Å². The molecule has 2 fully saturated rings. The van der Waals surface area contributed by atoms with Crippen molar-refractivity contribution < 1.29 is 9.18 Å². The molecule has 0 saturated carbocycles. The number of rotatable bonds is 3. The summed E-state index contributed by atoms with van der Waals surface area (Å²) in [6, 6.07) is 16.9. The number of halogens is 1. The second kappa shape index (κ2) is 9.23. The number of carbonyl (C=O) groups excluding carboxylic acids is 1. The van der Waals surface area contributed by atoms with Gasteiger partial charge < -0.3 is 4.90 Å². The first-order valence-corrected chi connectivity index (χ1v) is 12.2. The molecule has 176 valence electrons. The van der Waals surface area contributed by atoms with Crippen LogP contribution in [0.15, 0.2) is 59.6 Å². The van der Waals surface area contributed by atoms with Crippen LogP contribution in [0.1, 0.15) is 51.1 Å². The van der Waals surface area contributed by atoms with Gasteiger partial charge in [0.25, 0.3) is 0 Å². The van der Waals surface area contributed by atoms with Gasteiger partial charge in [-0.15, -0.1) is 5.92 Å². The predicted molar refractivity (Wildman–Crippen MR) is 133 cm³/mol. The number of hydrogen-bond acceptors (Lipinski definition) is 3. The molecule has 0 radical (unpaired) electrons. The molecule has 2 aromatic rings. The number of nitrogens with zero attached hydrogens (tertiary/aromatic N) is 4. The summed E-state index contributed by atoms with van der Waals surface area (Å²) in [5.41, 5.74) is 1.23. The number of urea groups is 1. The predicted octanol–water partition coefficient (Wildman–Crippen LogP) is 5.25. The van der Waals surface area contributed by atoms with Gasteiger partial charge in [-0.25, -0.2) is 9.18 Å². The third-order valence-electron chi connectivity index (χ3n) is 7.54. The van der Waals surface area contributed by atoms with Crippen LogP contribution in [0.3, 0.4) is 0 Å². The summed E-state index contributed by atoms with van der Waals surface area (Å²) >= 11 is 0. The Kier molecular flexibility index (Phi) is 6.14. The number of anilines is 1. The summed E-state index contributed by atoms with van der Waals surface area (Å²) in [7, 11) is 0. The van der Waals surface area contributed by atoms with Crippen LogP contribution < -0.4 is 4.90 Å². The smallest absolute Gasteiger partial charge is 0.350 e. The van der Waals surface area contributed by atoms with E-state index in [0.717, 1.165) is 44.6 Å². The highest BCUT2D eigenvalue weighted by atomic mass is 19.1. The maximum Gasteiger partial charge on any atom is 0.350 e. The molecule has 5 nitrogen and oxygen atoms in total. The molecule has 2 amide bonds. The normalized spacial score (nSPS) is 27.1. The zero-order valence-electron chi connectivity index (χ0n) is 19.9. The van der Waals surface area contributed by atoms with Crippen LogP contribution in [0.4, 0.5) is 14.9 Å². The van der Waals surface area contributed by atoms with E-state index in [1.807, 2.05) is 19.1 Å². The molecule has 0 aliphatic carbocycles. The van der Waals surface area contributed by atoms with E-state index >= 15 is 0 Å². The van der Waals surface area contributed by atoms with Crippen molar-refractivity contribution in [1.29, 1.82) is 0 Å². The van der Waals surface area contributed by atoms with Crippen LogP contribution in [0.5, 0.6) is 0 Å². The maximum atomic E-state index is 14.3. The third-order valence-corrected chi connectivity index (χ3v) is 7.54. The van der Waals surface area contributed by atoms with Crippen LogP contribution in [0.25, 0.3) is 0 Å². The summed E-state index contributed by atoms with van der Waals surface area (Å²) in [6.07, 6.45) is 3.55. The zero-order valence-corrected chi connectivity index (χ0v) is 19.9. The molecule has 3 aliphatic heterocycles. The number of amidine groups is 1. The lowest BCUT2D eigenvalue weighted by Crippen LogP contribution is -2.63. The molecule has 0 aromatic heterocycles. The van der Waals surface area contributed by atoms with Crippen molar-refractivity contribution in [3.63, 3.8) is 0 Å². The second-order valence-electron chi connectivity index (χ2n) is 9.53. The SMILES string of the molecule is CC#CCN1CC[C@@]2(C[C@H]1C)C(N1CCCC1c1ccccc1)=NC(=O)N2c1cccc(F)c1. The topological polar surface area (TPSA) is 39.1 Å². The van der Waals surface area contributed by atoms with Crippen molar-refractivity contribution in [3.05, 3.63) is 66.0 Å². The molecule has 2 aromatic carbocycles. The molecule has 3 aliphatic rings. The summed E-state index contributed by atoms with van der Waals surface area (Å²) in [6.45, 7) is 6.44. The van der Waals surface area contributed by atoms with Crippen LogP contribution in [-0.2, 0) is 0 Å². The number of likely N-dealkylation sites (tertiary alicyclic amines) is 2. The van der Waals surface area contributed by atoms with Gasteiger partial charge >= 0.3 is 6.03 Å². The maximum absolute atomic E-state index is 14.3. The molecule has 1 unspecified atom stereocenters. The number of carbonyl (C=O) groups is 1. The van der Waals surface area contributed by atoms with Crippen LogP contribution in [-0.4, -0.2) is 52.9 Å². The van der Waals surface area contributed by atoms with Gasteiger partial charge in [-0.05, 0) is 63.3 Å². The van der Waals surface area contributed by atoms with Gasteiger partial charge in [-0.2, -0.15) is 4.99 Å². The quantitative estimate of drug-likeness (QED) is 0.590. The molecule has 1 spiro atoms. The largest absolute Gasteiger partial charge is 0.351 e.